The zero-order valence-corrected chi connectivity index (χ0v) is 13.0. The summed E-state index contributed by atoms with van der Waals surface area (Å²) in [6.45, 7) is 0.00432. The molecule has 0 spiro atoms. The summed E-state index contributed by atoms with van der Waals surface area (Å²) < 4.78 is 28.3. The Labute approximate surface area is 133 Å². The van der Waals surface area contributed by atoms with Gasteiger partial charge in [-0.3, -0.25) is 0 Å². The maximum atomic E-state index is 14.1. The monoisotopic (exact) mass is 380 g/mol. The summed E-state index contributed by atoms with van der Waals surface area (Å²) in [5.41, 5.74) is 5.57. The highest BCUT2D eigenvalue weighted by Gasteiger charge is 2.15. The average Bonchev–Trinajstić information content (AvgIpc) is 2.81. The standard InChI is InChI=1S/C12H11BrF2N4O.ClH/c13-9-2-8(1-7(4-14)5-16)11(10(15)3-9)19-6-17-18-12(19)20;/h2-4,6H,1,5,16H2,(H,18,20);1H/b7-4+;. The van der Waals surface area contributed by atoms with Gasteiger partial charge in [0.05, 0.1) is 12.0 Å². The molecule has 9 heteroatoms. The second-order valence-corrected chi connectivity index (χ2v) is 4.99. The van der Waals surface area contributed by atoms with E-state index >= 15 is 0 Å². The van der Waals surface area contributed by atoms with Gasteiger partial charge in [0.2, 0.25) is 0 Å². The Bertz CT molecular complexity index is 714. The lowest BCUT2D eigenvalue weighted by Crippen LogP contribution is -2.18. The number of hydrogen-bond donors (Lipinski definition) is 2. The lowest BCUT2D eigenvalue weighted by atomic mass is 10.0. The highest BCUT2D eigenvalue weighted by Crippen LogP contribution is 2.25. The molecule has 1 heterocycles. The van der Waals surface area contributed by atoms with Crippen molar-refractivity contribution in [3.8, 4) is 5.69 Å². The maximum absolute atomic E-state index is 14.1. The maximum Gasteiger partial charge on any atom is 0.347 e. The SMILES string of the molecule is Cl.NC/C(=C/F)Cc1cc(Br)cc(F)c1-n1cn[nH]c1=O. The van der Waals surface area contributed by atoms with Crippen molar-refractivity contribution in [1.29, 1.82) is 0 Å². The number of benzene rings is 1. The summed E-state index contributed by atoms with van der Waals surface area (Å²) in [6.07, 6.45) is 1.65. The molecule has 0 saturated heterocycles. The first-order chi connectivity index (χ1) is 9.56. The highest BCUT2D eigenvalue weighted by atomic mass is 79.9. The molecule has 21 heavy (non-hydrogen) atoms. The molecule has 0 saturated carbocycles. The van der Waals surface area contributed by atoms with Gasteiger partial charge in [0.1, 0.15) is 12.1 Å². The van der Waals surface area contributed by atoms with Crippen LogP contribution >= 0.6 is 28.3 Å². The third-order valence-corrected chi connectivity index (χ3v) is 3.19. The normalized spacial score (nSPS) is 11.3. The van der Waals surface area contributed by atoms with E-state index in [1.807, 2.05) is 0 Å². The molecule has 3 N–H and O–H groups in total. The summed E-state index contributed by atoms with van der Waals surface area (Å²) >= 11 is 3.17. The van der Waals surface area contributed by atoms with E-state index in [0.717, 1.165) is 4.57 Å². The largest absolute Gasteiger partial charge is 0.347 e. The predicted octanol–water partition coefficient (Wildman–Crippen LogP) is 2.24. The van der Waals surface area contributed by atoms with Gasteiger partial charge in [-0.2, -0.15) is 5.10 Å². The lowest BCUT2D eigenvalue weighted by Gasteiger charge is -2.12. The van der Waals surface area contributed by atoms with Crippen LogP contribution in [0.5, 0.6) is 0 Å². The minimum atomic E-state index is -0.617. The molecule has 2 rings (SSSR count). The molecule has 0 aliphatic heterocycles. The number of rotatable bonds is 4. The van der Waals surface area contributed by atoms with E-state index in [2.05, 4.69) is 26.1 Å². The van der Waals surface area contributed by atoms with Crippen LogP contribution in [0.15, 0.2) is 39.6 Å². The summed E-state index contributed by atoms with van der Waals surface area (Å²) in [5, 5.41) is 5.74. The van der Waals surface area contributed by atoms with Crippen LogP contribution < -0.4 is 11.4 Å². The van der Waals surface area contributed by atoms with Crippen molar-refractivity contribution in [3.05, 3.63) is 56.7 Å². The Morgan fingerprint density at radius 2 is 2.24 bits per heavy atom. The summed E-state index contributed by atoms with van der Waals surface area (Å²) in [6, 6.07) is 2.83. The fourth-order valence-corrected chi connectivity index (χ4v) is 2.31. The van der Waals surface area contributed by atoms with Crippen LogP contribution in [0, 0.1) is 5.82 Å². The van der Waals surface area contributed by atoms with Gasteiger partial charge >= 0.3 is 5.69 Å². The number of H-pyrrole nitrogens is 1. The van der Waals surface area contributed by atoms with E-state index in [0.29, 0.717) is 21.9 Å². The zero-order chi connectivity index (χ0) is 14.7. The van der Waals surface area contributed by atoms with Gasteiger partial charge in [0, 0.05) is 11.0 Å². The van der Waals surface area contributed by atoms with Gasteiger partial charge in [-0.15, -0.1) is 12.4 Å². The number of aromatic amines is 1. The molecule has 2 aromatic rings. The summed E-state index contributed by atoms with van der Waals surface area (Å²) in [4.78, 5) is 11.6. The fraction of sp³-hybridized carbons (Fsp3) is 0.167. The Balaban J connectivity index is 0.00000220. The number of hydrogen-bond acceptors (Lipinski definition) is 3. The van der Waals surface area contributed by atoms with Gasteiger partial charge in [0.25, 0.3) is 0 Å². The molecule has 5 nitrogen and oxygen atoms in total. The van der Waals surface area contributed by atoms with Crippen LogP contribution in [0.1, 0.15) is 5.56 Å². The third kappa shape index (κ3) is 3.78. The molecule has 1 aromatic heterocycles. The lowest BCUT2D eigenvalue weighted by molar-refractivity contribution is 0.612. The molecule has 114 valence electrons. The van der Waals surface area contributed by atoms with Crippen LogP contribution in [0.2, 0.25) is 0 Å². The number of aromatic nitrogens is 3. The second kappa shape index (κ2) is 7.48. The van der Waals surface area contributed by atoms with Crippen LogP contribution in [0.3, 0.4) is 0 Å². The van der Waals surface area contributed by atoms with Gasteiger partial charge in [0.15, 0.2) is 0 Å². The Kier molecular flexibility index (Phi) is 6.25. The summed E-state index contributed by atoms with van der Waals surface area (Å²) in [5.74, 6) is -0.617. The molecule has 0 aliphatic rings. The van der Waals surface area contributed by atoms with Crippen molar-refractivity contribution in [2.45, 2.75) is 6.42 Å². The molecule has 0 fully saturated rings. The number of nitrogens with one attached hydrogen (secondary N) is 1. The number of nitrogens with two attached hydrogens (primary N) is 1. The van der Waals surface area contributed by atoms with Gasteiger partial charge < -0.3 is 5.73 Å². The molecule has 0 bridgehead atoms. The number of halogens is 4. The molecular formula is C12H12BrClF2N4O. The minimum absolute atomic E-state index is 0. The van der Waals surface area contributed by atoms with Gasteiger partial charge in [-0.1, -0.05) is 15.9 Å². The first kappa shape index (κ1) is 17.5. The highest BCUT2D eigenvalue weighted by molar-refractivity contribution is 9.10. The summed E-state index contributed by atoms with van der Waals surface area (Å²) in [7, 11) is 0. The Morgan fingerprint density at radius 3 is 2.76 bits per heavy atom. The molecule has 0 aliphatic carbocycles. The predicted molar refractivity (Wildman–Crippen MR) is 81.0 cm³/mol. The molecule has 0 atom stereocenters. The fourth-order valence-electron chi connectivity index (χ4n) is 1.83. The van der Waals surface area contributed by atoms with Crippen molar-refractivity contribution in [1.82, 2.24) is 14.8 Å². The zero-order valence-electron chi connectivity index (χ0n) is 10.6. The van der Waals surface area contributed by atoms with E-state index in [-0.39, 0.29) is 31.1 Å². The van der Waals surface area contributed by atoms with Crippen molar-refractivity contribution in [2.24, 2.45) is 5.73 Å². The van der Waals surface area contributed by atoms with E-state index in [4.69, 9.17) is 5.73 Å². The second-order valence-electron chi connectivity index (χ2n) is 4.08. The molecule has 1 aromatic carbocycles. The van der Waals surface area contributed by atoms with Crippen molar-refractivity contribution >= 4 is 28.3 Å². The van der Waals surface area contributed by atoms with Crippen molar-refractivity contribution in [3.63, 3.8) is 0 Å². The Hall–Kier alpha value is -1.51. The van der Waals surface area contributed by atoms with Crippen molar-refractivity contribution in [2.75, 3.05) is 6.54 Å². The third-order valence-electron chi connectivity index (χ3n) is 2.73. The van der Waals surface area contributed by atoms with E-state index in [1.54, 1.807) is 6.07 Å². The molecule has 0 radical (unpaired) electrons. The average molecular weight is 382 g/mol. The first-order valence-corrected chi connectivity index (χ1v) is 6.44. The van der Waals surface area contributed by atoms with Gasteiger partial charge in [-0.05, 0) is 29.7 Å². The first-order valence-electron chi connectivity index (χ1n) is 5.65. The quantitative estimate of drug-likeness (QED) is 0.853. The van der Waals surface area contributed by atoms with Crippen LogP contribution in [0.4, 0.5) is 8.78 Å². The van der Waals surface area contributed by atoms with Crippen LogP contribution in [-0.4, -0.2) is 21.3 Å². The van der Waals surface area contributed by atoms with Crippen LogP contribution in [-0.2, 0) is 6.42 Å². The molecular weight excluding hydrogens is 370 g/mol. The Morgan fingerprint density at radius 1 is 1.52 bits per heavy atom. The molecule has 0 unspecified atom stereocenters. The molecule has 0 amide bonds. The number of nitrogens with zero attached hydrogens (tertiary/aromatic N) is 2. The van der Waals surface area contributed by atoms with E-state index in [9.17, 15) is 13.6 Å². The van der Waals surface area contributed by atoms with Crippen LogP contribution in [0.25, 0.3) is 5.69 Å². The smallest absolute Gasteiger partial charge is 0.327 e. The van der Waals surface area contributed by atoms with Crippen molar-refractivity contribution < 1.29 is 8.78 Å². The van der Waals surface area contributed by atoms with E-state index in [1.165, 1.54) is 12.4 Å². The minimum Gasteiger partial charge on any atom is -0.327 e. The van der Waals surface area contributed by atoms with E-state index < -0.39 is 11.5 Å². The van der Waals surface area contributed by atoms with Gasteiger partial charge in [-0.25, -0.2) is 23.2 Å². The topological polar surface area (TPSA) is 76.7 Å².